The number of hydrogen-bond acceptors (Lipinski definition) is 4. The summed E-state index contributed by atoms with van der Waals surface area (Å²) in [6.45, 7) is 1.82. The van der Waals surface area contributed by atoms with Gasteiger partial charge in [0.1, 0.15) is 11.4 Å². The van der Waals surface area contributed by atoms with E-state index in [2.05, 4.69) is 22.9 Å². The van der Waals surface area contributed by atoms with E-state index in [1.165, 1.54) is 44.3 Å². The van der Waals surface area contributed by atoms with Gasteiger partial charge in [0.05, 0.1) is 18.1 Å². The Balaban J connectivity index is 1.30. The normalized spacial score (nSPS) is 30.8. The molecule has 4 aliphatic carbocycles. The molecule has 0 radical (unpaired) electrons. The van der Waals surface area contributed by atoms with Crippen molar-refractivity contribution in [1.29, 1.82) is 5.26 Å². The highest BCUT2D eigenvalue weighted by atomic mass is 16.5. The van der Waals surface area contributed by atoms with E-state index in [0.29, 0.717) is 11.8 Å². The number of nitriles is 1. The van der Waals surface area contributed by atoms with Crippen LogP contribution in [0.25, 0.3) is 0 Å². The second kappa shape index (κ2) is 7.45. The van der Waals surface area contributed by atoms with Gasteiger partial charge in [-0.25, -0.2) is 9.67 Å². The summed E-state index contributed by atoms with van der Waals surface area (Å²) in [6.07, 6.45) is 10.9. The lowest BCUT2D eigenvalue weighted by Crippen LogP contribution is -2.42. The third-order valence-corrected chi connectivity index (χ3v) is 7.92. The molecule has 31 heavy (non-hydrogen) atoms. The maximum atomic E-state index is 10.2. The first-order valence-corrected chi connectivity index (χ1v) is 12.3. The Bertz CT molecular complexity index is 971. The summed E-state index contributed by atoms with van der Waals surface area (Å²) < 4.78 is 8.91. The number of ether oxygens (including phenoxy) is 1. The van der Waals surface area contributed by atoms with Crippen LogP contribution in [0.2, 0.25) is 0 Å². The molecule has 0 bridgehead atoms. The Kier molecular flexibility index (Phi) is 4.68. The molecule has 162 valence electrons. The van der Waals surface area contributed by atoms with Gasteiger partial charge in [-0.05, 0) is 81.6 Å². The minimum Gasteiger partial charge on any atom is -0.367 e. The summed E-state index contributed by atoms with van der Waals surface area (Å²) in [5, 5.41) is 15.3. The van der Waals surface area contributed by atoms with Crippen LogP contribution in [0.5, 0.6) is 0 Å². The quantitative estimate of drug-likeness (QED) is 0.592. The zero-order valence-electron chi connectivity index (χ0n) is 18.3. The first-order chi connectivity index (χ1) is 15.2. The van der Waals surface area contributed by atoms with Crippen LogP contribution in [0, 0.1) is 23.2 Å². The molecule has 0 unspecified atom stereocenters. The van der Waals surface area contributed by atoms with Crippen molar-refractivity contribution in [3.63, 3.8) is 0 Å². The van der Waals surface area contributed by atoms with Gasteiger partial charge in [-0.1, -0.05) is 30.3 Å². The van der Waals surface area contributed by atoms with Crippen LogP contribution in [0.4, 0.5) is 0 Å². The van der Waals surface area contributed by atoms with Gasteiger partial charge < -0.3 is 4.74 Å². The number of rotatable bonds is 8. The Morgan fingerprint density at radius 2 is 1.68 bits per heavy atom. The molecule has 0 N–H and O–H groups in total. The Morgan fingerprint density at radius 1 is 0.968 bits per heavy atom. The topological polar surface area (TPSA) is 63.7 Å². The minimum absolute atomic E-state index is 0.427. The number of aromatic nitrogens is 3. The van der Waals surface area contributed by atoms with Crippen molar-refractivity contribution < 1.29 is 4.74 Å². The van der Waals surface area contributed by atoms with E-state index in [0.717, 1.165) is 56.1 Å². The summed E-state index contributed by atoms with van der Waals surface area (Å²) in [4.78, 5) is 5.14. The van der Waals surface area contributed by atoms with Crippen LogP contribution >= 0.6 is 0 Å². The molecule has 0 amide bonds. The molecule has 4 aliphatic rings. The molecule has 2 aromatic rings. The fourth-order valence-corrected chi connectivity index (χ4v) is 5.17. The van der Waals surface area contributed by atoms with Gasteiger partial charge >= 0.3 is 0 Å². The van der Waals surface area contributed by atoms with Gasteiger partial charge in [-0.3, -0.25) is 0 Å². The smallest absolute Gasteiger partial charge is 0.182 e. The summed E-state index contributed by atoms with van der Waals surface area (Å²) in [5.74, 6) is 4.16. The minimum atomic E-state index is -0.434. The van der Waals surface area contributed by atoms with Gasteiger partial charge in [0.25, 0.3) is 0 Å². The number of hydrogen-bond donors (Lipinski definition) is 0. The second-order valence-corrected chi connectivity index (χ2v) is 10.5. The molecule has 4 saturated carbocycles. The van der Waals surface area contributed by atoms with Crippen molar-refractivity contribution in [2.45, 2.75) is 87.7 Å². The van der Waals surface area contributed by atoms with E-state index in [1.807, 2.05) is 18.2 Å². The highest BCUT2D eigenvalue weighted by Gasteiger charge is 2.49. The summed E-state index contributed by atoms with van der Waals surface area (Å²) >= 11 is 0. The van der Waals surface area contributed by atoms with Crippen LogP contribution in [0.1, 0.15) is 87.3 Å². The summed E-state index contributed by atoms with van der Waals surface area (Å²) in [7, 11) is 0. The first-order valence-electron chi connectivity index (χ1n) is 12.3. The Labute approximate surface area is 184 Å². The van der Waals surface area contributed by atoms with Gasteiger partial charge in [0, 0.05) is 12.5 Å². The van der Waals surface area contributed by atoms with Crippen LogP contribution in [-0.4, -0.2) is 21.4 Å². The lowest BCUT2D eigenvalue weighted by molar-refractivity contribution is -0.0940. The molecule has 1 aromatic heterocycles. The zero-order chi connectivity index (χ0) is 20.9. The molecule has 0 aliphatic heterocycles. The molecular formula is C26H32N4O. The van der Waals surface area contributed by atoms with Crippen LogP contribution < -0.4 is 0 Å². The van der Waals surface area contributed by atoms with E-state index < -0.39 is 11.0 Å². The standard InChI is InChI=1S/C26H32N4O/c27-18-25(22-4-2-1-3-5-22)12-14-26(15-13-25,31-17-20-8-9-20)24-28-23(21-10-11-21)30(29-24)16-19-6-7-19/h1-5,19-21H,6-17H2/t25-,26+. The van der Waals surface area contributed by atoms with Gasteiger partial charge in [-0.2, -0.15) is 10.4 Å². The number of benzene rings is 1. The van der Waals surface area contributed by atoms with Crippen molar-refractivity contribution in [1.82, 2.24) is 14.8 Å². The van der Waals surface area contributed by atoms with Crippen LogP contribution in [0.3, 0.4) is 0 Å². The van der Waals surface area contributed by atoms with Crippen LogP contribution in [-0.2, 0) is 22.3 Å². The van der Waals surface area contributed by atoms with Gasteiger partial charge in [0.15, 0.2) is 5.82 Å². The fraction of sp³-hybridized carbons (Fsp3) is 0.654. The molecule has 6 rings (SSSR count). The molecular weight excluding hydrogens is 384 g/mol. The Hall–Kier alpha value is -2.19. The van der Waals surface area contributed by atoms with E-state index in [-0.39, 0.29) is 0 Å². The average Bonchev–Trinajstić information content (AvgIpc) is 3.67. The second-order valence-electron chi connectivity index (χ2n) is 10.5. The molecule has 1 heterocycles. The molecule has 0 spiro atoms. The van der Waals surface area contributed by atoms with Crippen LogP contribution in [0.15, 0.2) is 30.3 Å². The zero-order valence-corrected chi connectivity index (χ0v) is 18.3. The maximum Gasteiger partial charge on any atom is 0.182 e. The van der Waals surface area contributed by atoms with E-state index in [9.17, 15) is 5.26 Å². The molecule has 1 aromatic carbocycles. The molecule has 5 heteroatoms. The molecule has 4 fully saturated rings. The largest absolute Gasteiger partial charge is 0.367 e. The fourth-order valence-electron chi connectivity index (χ4n) is 5.17. The van der Waals surface area contributed by atoms with Crippen molar-refractivity contribution >= 4 is 0 Å². The monoisotopic (exact) mass is 416 g/mol. The molecule has 0 atom stereocenters. The third-order valence-electron chi connectivity index (χ3n) is 7.92. The molecule has 0 saturated heterocycles. The van der Waals surface area contributed by atoms with Crippen molar-refractivity contribution in [3.05, 3.63) is 47.5 Å². The molecule has 5 nitrogen and oxygen atoms in total. The SMILES string of the molecule is N#C[C@]1(c2ccccc2)CC[C@](OCC2CC2)(c2nc(C3CC3)n(CC3CC3)n2)CC1. The number of nitrogens with zero attached hydrogens (tertiary/aromatic N) is 4. The highest BCUT2D eigenvalue weighted by molar-refractivity contribution is 5.34. The van der Waals surface area contributed by atoms with Crippen molar-refractivity contribution in [3.8, 4) is 6.07 Å². The third kappa shape index (κ3) is 3.80. The maximum absolute atomic E-state index is 10.2. The lowest BCUT2D eigenvalue weighted by atomic mass is 9.65. The Morgan fingerprint density at radius 3 is 2.29 bits per heavy atom. The highest BCUT2D eigenvalue weighted by Crippen LogP contribution is 2.50. The predicted octanol–water partition coefficient (Wildman–Crippen LogP) is 5.22. The summed E-state index contributed by atoms with van der Waals surface area (Å²) in [6, 6.07) is 13.0. The van der Waals surface area contributed by atoms with Gasteiger partial charge in [-0.15, -0.1) is 0 Å². The van der Waals surface area contributed by atoms with Crippen molar-refractivity contribution in [2.24, 2.45) is 11.8 Å². The summed E-state index contributed by atoms with van der Waals surface area (Å²) in [5.41, 5.74) is 0.277. The average molecular weight is 417 g/mol. The van der Waals surface area contributed by atoms with Crippen molar-refractivity contribution in [2.75, 3.05) is 6.61 Å². The van der Waals surface area contributed by atoms with E-state index in [1.54, 1.807) is 0 Å². The predicted molar refractivity (Wildman–Crippen MR) is 117 cm³/mol. The van der Waals surface area contributed by atoms with Gasteiger partial charge in [0.2, 0.25) is 0 Å². The van der Waals surface area contributed by atoms with E-state index in [4.69, 9.17) is 14.8 Å². The first kappa shape index (κ1) is 19.5. The lowest BCUT2D eigenvalue weighted by Gasteiger charge is -2.42. The van der Waals surface area contributed by atoms with E-state index >= 15 is 0 Å².